The second-order valence-corrected chi connectivity index (χ2v) is 3.88. The van der Waals surface area contributed by atoms with Crippen LogP contribution in [0.4, 0.5) is 0 Å². The summed E-state index contributed by atoms with van der Waals surface area (Å²) in [6, 6.07) is 6.03. The molecule has 0 fully saturated rings. The topological polar surface area (TPSA) is 35.2 Å². The van der Waals surface area contributed by atoms with Gasteiger partial charge in [-0.2, -0.15) is 0 Å². The predicted molar refractivity (Wildman–Crippen MR) is 54.9 cm³/mol. The number of rotatable bonds is 2. The Bertz CT molecular complexity index is 299. The summed E-state index contributed by atoms with van der Waals surface area (Å²) >= 11 is 0. The third-order valence-electron chi connectivity index (χ3n) is 2.11. The second kappa shape index (κ2) is 3.38. The lowest BCUT2D eigenvalue weighted by Gasteiger charge is -2.23. The highest BCUT2D eigenvalue weighted by atomic mass is 16.5. The number of nitrogens with two attached hydrogens (primary N) is 1. The highest BCUT2D eigenvalue weighted by molar-refractivity contribution is 5.44. The number of para-hydroxylation sites is 1. The van der Waals surface area contributed by atoms with E-state index in [0.29, 0.717) is 0 Å². The number of ether oxygens (including phenoxy) is 1. The molecule has 0 bridgehead atoms. The number of benzene rings is 1. The summed E-state index contributed by atoms with van der Waals surface area (Å²) < 4.78 is 5.32. The van der Waals surface area contributed by atoms with Crippen molar-refractivity contribution < 1.29 is 4.74 Å². The average Bonchev–Trinajstić information content (AvgIpc) is 2.02. The largest absolute Gasteiger partial charge is 0.496 e. The van der Waals surface area contributed by atoms with Gasteiger partial charge in [0.2, 0.25) is 0 Å². The first-order chi connectivity index (χ1) is 5.96. The molecule has 2 nitrogen and oxygen atoms in total. The number of methoxy groups -OCH3 is 1. The Hall–Kier alpha value is -1.02. The zero-order valence-corrected chi connectivity index (χ0v) is 8.72. The molecule has 0 saturated heterocycles. The van der Waals surface area contributed by atoms with Gasteiger partial charge in [-0.25, -0.2) is 0 Å². The molecule has 0 aliphatic carbocycles. The average molecular weight is 179 g/mol. The van der Waals surface area contributed by atoms with E-state index in [1.165, 1.54) is 0 Å². The first-order valence-electron chi connectivity index (χ1n) is 4.40. The first kappa shape index (κ1) is 10.1. The maximum Gasteiger partial charge on any atom is 0.126 e. The summed E-state index contributed by atoms with van der Waals surface area (Å²) in [5.74, 6) is 0.898. The lowest BCUT2D eigenvalue weighted by Crippen LogP contribution is -2.29. The molecule has 0 aliphatic rings. The molecule has 0 spiro atoms. The normalized spacial score (nSPS) is 11.5. The van der Waals surface area contributed by atoms with Crippen molar-refractivity contribution in [1.82, 2.24) is 0 Å². The predicted octanol–water partition coefficient (Wildman–Crippen LogP) is 2.20. The Labute approximate surface area is 79.7 Å². The minimum Gasteiger partial charge on any atom is -0.496 e. The highest BCUT2D eigenvalue weighted by Crippen LogP contribution is 2.30. The van der Waals surface area contributed by atoms with Gasteiger partial charge in [0, 0.05) is 11.1 Å². The molecule has 1 rings (SSSR count). The van der Waals surface area contributed by atoms with E-state index in [1.807, 2.05) is 39.0 Å². The molecule has 0 heterocycles. The van der Waals surface area contributed by atoms with Crippen LogP contribution in [0.25, 0.3) is 0 Å². The van der Waals surface area contributed by atoms with Crippen LogP contribution in [0.3, 0.4) is 0 Å². The molecule has 0 aliphatic heterocycles. The number of hydrogen-bond acceptors (Lipinski definition) is 2. The van der Waals surface area contributed by atoms with E-state index in [1.54, 1.807) is 7.11 Å². The van der Waals surface area contributed by atoms with Crippen molar-refractivity contribution in [2.45, 2.75) is 26.3 Å². The Kier molecular flexibility index (Phi) is 2.62. The van der Waals surface area contributed by atoms with Crippen LogP contribution >= 0.6 is 0 Å². The third-order valence-corrected chi connectivity index (χ3v) is 2.11. The van der Waals surface area contributed by atoms with Gasteiger partial charge >= 0.3 is 0 Å². The molecule has 0 unspecified atom stereocenters. The van der Waals surface area contributed by atoms with Crippen LogP contribution in [0.5, 0.6) is 5.75 Å². The van der Waals surface area contributed by atoms with Crippen molar-refractivity contribution in [2.24, 2.45) is 5.73 Å². The van der Waals surface area contributed by atoms with Crippen LogP contribution in [0.1, 0.15) is 25.0 Å². The Morgan fingerprint density at radius 3 is 2.31 bits per heavy atom. The van der Waals surface area contributed by atoms with Gasteiger partial charge in [-0.3, -0.25) is 0 Å². The minimum atomic E-state index is -0.350. The van der Waals surface area contributed by atoms with E-state index in [2.05, 4.69) is 0 Å². The lowest BCUT2D eigenvalue weighted by atomic mass is 9.93. The van der Waals surface area contributed by atoms with Crippen molar-refractivity contribution in [2.75, 3.05) is 7.11 Å². The number of hydrogen-bond donors (Lipinski definition) is 1. The molecular formula is C11H17NO. The number of aryl methyl sites for hydroxylation is 1. The van der Waals surface area contributed by atoms with Gasteiger partial charge < -0.3 is 10.5 Å². The van der Waals surface area contributed by atoms with Crippen molar-refractivity contribution in [3.05, 3.63) is 29.3 Å². The van der Waals surface area contributed by atoms with Crippen LogP contribution in [0, 0.1) is 6.92 Å². The van der Waals surface area contributed by atoms with Crippen LogP contribution < -0.4 is 10.5 Å². The van der Waals surface area contributed by atoms with Crippen molar-refractivity contribution in [1.29, 1.82) is 0 Å². The summed E-state index contributed by atoms with van der Waals surface area (Å²) in [5, 5.41) is 0. The van der Waals surface area contributed by atoms with Crippen molar-refractivity contribution in [3.8, 4) is 5.75 Å². The molecule has 0 saturated carbocycles. The molecule has 0 atom stereocenters. The fourth-order valence-electron chi connectivity index (χ4n) is 1.43. The van der Waals surface area contributed by atoms with Crippen LogP contribution in [0.2, 0.25) is 0 Å². The standard InChI is InChI=1S/C11H17NO/c1-8-6-5-7-9(10(8)13-4)11(2,3)12/h5-7H,12H2,1-4H3. The van der Waals surface area contributed by atoms with Gasteiger partial charge in [-0.15, -0.1) is 0 Å². The quantitative estimate of drug-likeness (QED) is 0.755. The molecule has 1 aromatic rings. The molecular weight excluding hydrogens is 162 g/mol. The highest BCUT2D eigenvalue weighted by Gasteiger charge is 2.19. The second-order valence-electron chi connectivity index (χ2n) is 3.88. The van der Waals surface area contributed by atoms with E-state index in [0.717, 1.165) is 16.9 Å². The fourth-order valence-corrected chi connectivity index (χ4v) is 1.43. The van der Waals surface area contributed by atoms with E-state index >= 15 is 0 Å². The van der Waals surface area contributed by atoms with Crippen LogP contribution in [-0.2, 0) is 5.54 Å². The summed E-state index contributed by atoms with van der Waals surface area (Å²) in [6.07, 6.45) is 0. The van der Waals surface area contributed by atoms with Crippen LogP contribution in [-0.4, -0.2) is 7.11 Å². The zero-order valence-electron chi connectivity index (χ0n) is 8.72. The molecule has 0 amide bonds. The Balaban J connectivity index is 3.29. The Morgan fingerprint density at radius 2 is 1.92 bits per heavy atom. The van der Waals surface area contributed by atoms with Crippen molar-refractivity contribution in [3.63, 3.8) is 0 Å². The maximum absolute atomic E-state index is 6.02. The molecule has 2 heteroatoms. The van der Waals surface area contributed by atoms with Crippen LogP contribution in [0.15, 0.2) is 18.2 Å². The molecule has 0 radical (unpaired) electrons. The maximum atomic E-state index is 6.02. The monoisotopic (exact) mass is 179 g/mol. The van der Waals surface area contributed by atoms with Gasteiger partial charge in [0.15, 0.2) is 0 Å². The van der Waals surface area contributed by atoms with E-state index in [9.17, 15) is 0 Å². The van der Waals surface area contributed by atoms with Gasteiger partial charge in [0.25, 0.3) is 0 Å². The fraction of sp³-hybridized carbons (Fsp3) is 0.455. The molecule has 1 aromatic carbocycles. The van der Waals surface area contributed by atoms with Gasteiger partial charge in [0.05, 0.1) is 7.11 Å². The SMILES string of the molecule is COc1c(C)cccc1C(C)(C)N. The zero-order chi connectivity index (χ0) is 10.1. The van der Waals surface area contributed by atoms with E-state index in [4.69, 9.17) is 10.5 Å². The molecule has 13 heavy (non-hydrogen) atoms. The van der Waals surface area contributed by atoms with Gasteiger partial charge in [-0.1, -0.05) is 18.2 Å². The summed E-state index contributed by atoms with van der Waals surface area (Å²) in [4.78, 5) is 0. The lowest BCUT2D eigenvalue weighted by molar-refractivity contribution is 0.391. The minimum absolute atomic E-state index is 0.350. The molecule has 0 aromatic heterocycles. The van der Waals surface area contributed by atoms with E-state index in [-0.39, 0.29) is 5.54 Å². The van der Waals surface area contributed by atoms with Gasteiger partial charge in [-0.05, 0) is 26.3 Å². The van der Waals surface area contributed by atoms with E-state index < -0.39 is 0 Å². The third kappa shape index (κ3) is 2.01. The smallest absolute Gasteiger partial charge is 0.126 e. The summed E-state index contributed by atoms with van der Waals surface area (Å²) in [5.41, 5.74) is 7.85. The Morgan fingerprint density at radius 1 is 1.31 bits per heavy atom. The molecule has 72 valence electrons. The molecule has 2 N–H and O–H groups in total. The van der Waals surface area contributed by atoms with Gasteiger partial charge in [0.1, 0.15) is 5.75 Å². The first-order valence-corrected chi connectivity index (χ1v) is 4.40. The summed E-state index contributed by atoms with van der Waals surface area (Å²) in [6.45, 7) is 5.97. The van der Waals surface area contributed by atoms with Crippen molar-refractivity contribution >= 4 is 0 Å². The summed E-state index contributed by atoms with van der Waals surface area (Å²) in [7, 11) is 1.68.